The van der Waals surface area contributed by atoms with Gasteiger partial charge in [0, 0.05) is 22.3 Å². The van der Waals surface area contributed by atoms with Gasteiger partial charge in [-0.25, -0.2) is 29.9 Å². The molecule has 182 valence electrons. The van der Waals surface area contributed by atoms with Gasteiger partial charge < -0.3 is 0 Å². The van der Waals surface area contributed by atoms with Crippen LogP contribution in [0.3, 0.4) is 0 Å². The van der Waals surface area contributed by atoms with Crippen molar-refractivity contribution in [1.29, 1.82) is 0 Å². The van der Waals surface area contributed by atoms with E-state index in [9.17, 15) is 0 Å². The van der Waals surface area contributed by atoms with Crippen LogP contribution in [0.25, 0.3) is 45.6 Å². The molecule has 6 nitrogen and oxygen atoms in total. The van der Waals surface area contributed by atoms with Crippen LogP contribution in [-0.4, -0.2) is 29.9 Å². The minimum absolute atomic E-state index is 0.575. The minimum Gasteiger partial charge on any atom is -0.208 e. The lowest BCUT2D eigenvalue weighted by Crippen LogP contribution is -2.00. The second-order valence-electron chi connectivity index (χ2n) is 8.16. The van der Waals surface area contributed by atoms with Crippen molar-refractivity contribution < 1.29 is 0 Å². The van der Waals surface area contributed by atoms with E-state index >= 15 is 0 Å². The Morgan fingerprint density at radius 1 is 0.289 bits per heavy atom. The molecular formula is C30H20N6S2. The molecule has 8 heteroatoms. The molecule has 0 bridgehead atoms. The van der Waals surface area contributed by atoms with Gasteiger partial charge in [0.05, 0.1) is 0 Å². The van der Waals surface area contributed by atoms with E-state index in [-0.39, 0.29) is 0 Å². The smallest absolute Gasteiger partial charge is 0.202 e. The van der Waals surface area contributed by atoms with Gasteiger partial charge in [-0.15, -0.1) is 0 Å². The fraction of sp³-hybridized carbons (Fsp3) is 0. The van der Waals surface area contributed by atoms with Gasteiger partial charge in [0.15, 0.2) is 23.3 Å². The topological polar surface area (TPSA) is 77.3 Å². The molecular weight excluding hydrogens is 509 g/mol. The second kappa shape index (κ2) is 11.3. The summed E-state index contributed by atoms with van der Waals surface area (Å²) in [5.41, 5.74) is 3.71. The molecule has 2 heterocycles. The second-order valence-corrected chi connectivity index (χ2v) is 10.2. The highest BCUT2D eigenvalue weighted by Gasteiger charge is 2.15. The molecule has 0 spiro atoms. The number of hydrogen-bond donors (Lipinski definition) is 0. The van der Waals surface area contributed by atoms with Crippen LogP contribution in [0.1, 0.15) is 0 Å². The van der Waals surface area contributed by atoms with Crippen molar-refractivity contribution in [2.75, 3.05) is 0 Å². The molecule has 6 rings (SSSR count). The molecule has 0 saturated heterocycles. The Morgan fingerprint density at radius 2 is 0.526 bits per heavy atom. The lowest BCUT2D eigenvalue weighted by atomic mass is 10.2. The number of rotatable bonds is 7. The summed E-state index contributed by atoms with van der Waals surface area (Å²) in [7, 11) is 2.80. The quantitative estimate of drug-likeness (QED) is 0.197. The fourth-order valence-corrected chi connectivity index (χ4v) is 5.27. The molecule has 0 aliphatic rings. The molecule has 0 aliphatic carbocycles. The Bertz CT molecular complexity index is 1410. The van der Waals surface area contributed by atoms with E-state index in [4.69, 9.17) is 29.9 Å². The van der Waals surface area contributed by atoms with E-state index in [0.29, 0.717) is 33.6 Å². The Kier molecular flexibility index (Phi) is 7.15. The Hall–Kier alpha value is -4.40. The molecule has 0 fully saturated rings. The molecule has 6 aromatic rings. The number of aromatic nitrogens is 6. The highest BCUT2D eigenvalue weighted by molar-refractivity contribution is 8.76. The first-order valence-corrected chi connectivity index (χ1v) is 14.1. The van der Waals surface area contributed by atoms with Crippen LogP contribution in [0, 0.1) is 0 Å². The Morgan fingerprint density at radius 3 is 0.763 bits per heavy atom. The van der Waals surface area contributed by atoms with Crippen molar-refractivity contribution >= 4 is 21.6 Å². The molecule has 0 N–H and O–H groups in total. The SMILES string of the molecule is c1ccc(-c2nc(SSc3nc(-c4ccccc4)nc(-c4ccccc4)n3)nc(-c3ccccc3)n2)cc1. The van der Waals surface area contributed by atoms with Crippen LogP contribution >= 0.6 is 21.6 Å². The molecule has 2 aromatic heterocycles. The van der Waals surface area contributed by atoms with E-state index in [2.05, 4.69) is 0 Å². The third-order valence-corrected chi connectivity index (χ3v) is 7.44. The van der Waals surface area contributed by atoms with Gasteiger partial charge in [0.25, 0.3) is 0 Å². The van der Waals surface area contributed by atoms with Gasteiger partial charge >= 0.3 is 0 Å². The normalized spacial score (nSPS) is 10.8. The standard InChI is InChI=1S/C30H20N6S2/c1-5-13-21(14-6-1)25-31-26(22-15-7-2-8-16-22)34-29(33-25)37-38-30-35-27(23-17-9-3-10-18-23)32-28(36-30)24-19-11-4-12-20-24/h1-20H. The largest absolute Gasteiger partial charge is 0.208 e. The summed E-state index contributed by atoms with van der Waals surface area (Å²) in [5, 5.41) is 1.15. The maximum Gasteiger partial charge on any atom is 0.202 e. The zero-order valence-corrected chi connectivity index (χ0v) is 21.7. The van der Waals surface area contributed by atoms with Gasteiger partial charge in [-0.3, -0.25) is 0 Å². The zero-order valence-electron chi connectivity index (χ0n) is 20.0. The highest BCUT2D eigenvalue weighted by atomic mass is 33.1. The molecule has 0 amide bonds. The van der Waals surface area contributed by atoms with Gasteiger partial charge in [0.1, 0.15) is 0 Å². The molecule has 0 radical (unpaired) electrons. The van der Waals surface area contributed by atoms with Crippen molar-refractivity contribution in [3.8, 4) is 45.6 Å². The third kappa shape index (κ3) is 5.61. The third-order valence-electron chi connectivity index (χ3n) is 5.55. The minimum atomic E-state index is 0.575. The summed E-state index contributed by atoms with van der Waals surface area (Å²) in [5.74, 6) is 2.47. The lowest BCUT2D eigenvalue weighted by Gasteiger charge is -2.08. The number of hydrogen-bond acceptors (Lipinski definition) is 8. The van der Waals surface area contributed by atoms with Crippen LogP contribution in [0.5, 0.6) is 0 Å². The molecule has 4 aromatic carbocycles. The first-order chi connectivity index (χ1) is 18.8. The summed E-state index contributed by atoms with van der Waals surface area (Å²) >= 11 is 0. The van der Waals surface area contributed by atoms with Crippen molar-refractivity contribution in [1.82, 2.24) is 29.9 Å². The fourth-order valence-electron chi connectivity index (χ4n) is 3.73. The Balaban J connectivity index is 1.37. The average molecular weight is 529 g/mol. The summed E-state index contributed by atoms with van der Waals surface area (Å²) in [6.45, 7) is 0. The monoisotopic (exact) mass is 528 g/mol. The molecule has 0 unspecified atom stereocenters. The summed E-state index contributed by atoms with van der Waals surface area (Å²) in [6, 6.07) is 39.7. The van der Waals surface area contributed by atoms with Crippen LogP contribution in [0.15, 0.2) is 132 Å². The van der Waals surface area contributed by atoms with Crippen LogP contribution in [0.2, 0.25) is 0 Å². The van der Waals surface area contributed by atoms with Crippen LogP contribution < -0.4 is 0 Å². The van der Waals surface area contributed by atoms with Crippen LogP contribution in [0.4, 0.5) is 0 Å². The van der Waals surface area contributed by atoms with Gasteiger partial charge in [-0.2, -0.15) is 0 Å². The predicted molar refractivity (Wildman–Crippen MR) is 153 cm³/mol. The van der Waals surface area contributed by atoms with Gasteiger partial charge in [0.2, 0.25) is 10.3 Å². The van der Waals surface area contributed by atoms with E-state index < -0.39 is 0 Å². The maximum atomic E-state index is 4.75. The average Bonchev–Trinajstić information content (AvgIpc) is 3.01. The molecule has 0 saturated carbocycles. The van der Waals surface area contributed by atoms with E-state index in [1.165, 1.54) is 21.6 Å². The zero-order chi connectivity index (χ0) is 25.6. The maximum absolute atomic E-state index is 4.75. The van der Waals surface area contributed by atoms with Crippen molar-refractivity contribution in [3.63, 3.8) is 0 Å². The summed E-state index contributed by atoms with van der Waals surface area (Å²) in [4.78, 5) is 28.5. The summed E-state index contributed by atoms with van der Waals surface area (Å²) in [6.07, 6.45) is 0. The van der Waals surface area contributed by atoms with E-state index in [1.807, 2.05) is 121 Å². The van der Waals surface area contributed by atoms with Crippen molar-refractivity contribution in [2.24, 2.45) is 0 Å². The van der Waals surface area contributed by atoms with E-state index in [0.717, 1.165) is 22.3 Å². The highest BCUT2D eigenvalue weighted by Crippen LogP contribution is 2.36. The molecule has 0 atom stereocenters. The van der Waals surface area contributed by atoms with Gasteiger partial charge in [-0.05, 0) is 21.6 Å². The van der Waals surface area contributed by atoms with Crippen molar-refractivity contribution in [3.05, 3.63) is 121 Å². The number of benzene rings is 4. The van der Waals surface area contributed by atoms with E-state index in [1.54, 1.807) is 0 Å². The lowest BCUT2D eigenvalue weighted by molar-refractivity contribution is 0.920. The molecule has 38 heavy (non-hydrogen) atoms. The first-order valence-electron chi connectivity index (χ1n) is 11.9. The predicted octanol–water partition coefficient (Wildman–Crippen LogP) is 7.52. The summed E-state index contributed by atoms with van der Waals surface area (Å²) < 4.78 is 0. The molecule has 0 aliphatic heterocycles. The number of nitrogens with zero attached hydrogens (tertiary/aromatic N) is 6. The van der Waals surface area contributed by atoms with Crippen molar-refractivity contribution in [2.45, 2.75) is 10.3 Å². The Labute approximate surface area is 228 Å². The van der Waals surface area contributed by atoms with Crippen LogP contribution in [-0.2, 0) is 0 Å². The first kappa shape index (κ1) is 24.0. The van der Waals surface area contributed by atoms with Gasteiger partial charge in [-0.1, -0.05) is 121 Å².